The smallest absolute Gasteiger partial charge is 0.308 e. The fourth-order valence-electron chi connectivity index (χ4n) is 1.78. The summed E-state index contributed by atoms with van der Waals surface area (Å²) in [6.45, 7) is 3.68. The molecule has 0 aromatic heterocycles. The van der Waals surface area contributed by atoms with Gasteiger partial charge in [0.15, 0.2) is 6.61 Å². The lowest BCUT2D eigenvalue weighted by molar-refractivity contribution is -0.143. The normalized spacial score (nSPS) is 11.8. The summed E-state index contributed by atoms with van der Waals surface area (Å²) in [6.07, 6.45) is 0.830. The minimum absolute atomic E-state index is 0.0835. The third-order valence-electron chi connectivity index (χ3n) is 3.10. The Kier molecular flexibility index (Phi) is 6.03. The van der Waals surface area contributed by atoms with E-state index in [1.807, 2.05) is 31.2 Å². The average molecular weight is 279 g/mol. The van der Waals surface area contributed by atoms with E-state index in [1.54, 1.807) is 14.0 Å². The van der Waals surface area contributed by atoms with Gasteiger partial charge in [0, 0.05) is 13.6 Å². The molecule has 0 spiro atoms. The Bertz CT molecular complexity index is 473. The first-order chi connectivity index (χ1) is 9.45. The van der Waals surface area contributed by atoms with E-state index in [0.29, 0.717) is 5.75 Å². The number of aliphatic carboxylic acids is 1. The molecule has 0 aliphatic rings. The highest BCUT2D eigenvalue weighted by Gasteiger charge is 2.17. The predicted octanol–water partition coefficient (Wildman–Crippen LogP) is 1.81. The maximum Gasteiger partial charge on any atom is 0.308 e. The van der Waals surface area contributed by atoms with Gasteiger partial charge in [-0.15, -0.1) is 0 Å². The monoisotopic (exact) mass is 279 g/mol. The van der Waals surface area contributed by atoms with Crippen molar-refractivity contribution < 1.29 is 19.4 Å². The average Bonchev–Trinajstić information content (AvgIpc) is 2.44. The van der Waals surface area contributed by atoms with Crippen molar-refractivity contribution in [1.82, 2.24) is 4.90 Å². The molecule has 0 bridgehead atoms. The van der Waals surface area contributed by atoms with Crippen LogP contribution >= 0.6 is 0 Å². The van der Waals surface area contributed by atoms with Crippen LogP contribution < -0.4 is 4.74 Å². The number of nitrogens with zero attached hydrogens (tertiary/aromatic N) is 1. The number of ether oxygens (including phenoxy) is 1. The third-order valence-corrected chi connectivity index (χ3v) is 3.10. The van der Waals surface area contributed by atoms with E-state index in [-0.39, 0.29) is 19.1 Å². The van der Waals surface area contributed by atoms with Crippen LogP contribution in [0.4, 0.5) is 0 Å². The largest absolute Gasteiger partial charge is 0.483 e. The molecule has 5 heteroatoms. The zero-order valence-corrected chi connectivity index (χ0v) is 12.1. The lowest BCUT2D eigenvalue weighted by Gasteiger charge is -2.20. The highest BCUT2D eigenvalue weighted by atomic mass is 16.5. The van der Waals surface area contributed by atoms with Crippen LogP contribution in [0, 0.1) is 5.92 Å². The van der Waals surface area contributed by atoms with E-state index >= 15 is 0 Å². The molecule has 0 aliphatic heterocycles. The fraction of sp³-hybridized carbons (Fsp3) is 0.467. The molecule has 1 aromatic carbocycles. The predicted molar refractivity (Wildman–Crippen MR) is 75.8 cm³/mol. The number of hydrogen-bond donors (Lipinski definition) is 1. The van der Waals surface area contributed by atoms with E-state index in [1.165, 1.54) is 4.90 Å². The van der Waals surface area contributed by atoms with Gasteiger partial charge in [0.05, 0.1) is 5.92 Å². The number of para-hydroxylation sites is 1. The Morgan fingerprint density at radius 1 is 1.35 bits per heavy atom. The molecule has 1 unspecified atom stereocenters. The number of rotatable bonds is 7. The first-order valence-electron chi connectivity index (χ1n) is 6.63. The van der Waals surface area contributed by atoms with Gasteiger partial charge >= 0.3 is 5.97 Å². The Balaban J connectivity index is 2.52. The first-order valence-corrected chi connectivity index (χ1v) is 6.63. The van der Waals surface area contributed by atoms with Crippen molar-refractivity contribution in [1.29, 1.82) is 0 Å². The van der Waals surface area contributed by atoms with Gasteiger partial charge in [-0.3, -0.25) is 9.59 Å². The van der Waals surface area contributed by atoms with Crippen molar-refractivity contribution in [2.75, 3.05) is 20.2 Å². The number of carboxylic acids is 1. The second-order valence-corrected chi connectivity index (χ2v) is 4.76. The molecule has 1 atom stereocenters. The third kappa shape index (κ3) is 4.57. The van der Waals surface area contributed by atoms with Crippen LogP contribution in [-0.2, 0) is 16.0 Å². The molecule has 0 heterocycles. The van der Waals surface area contributed by atoms with Gasteiger partial charge in [-0.25, -0.2) is 0 Å². The summed E-state index contributed by atoms with van der Waals surface area (Å²) < 4.78 is 5.51. The summed E-state index contributed by atoms with van der Waals surface area (Å²) in [6, 6.07) is 7.56. The highest BCUT2D eigenvalue weighted by molar-refractivity contribution is 5.78. The van der Waals surface area contributed by atoms with Crippen molar-refractivity contribution >= 4 is 11.9 Å². The molecule has 1 aromatic rings. The molecule has 0 radical (unpaired) electrons. The van der Waals surface area contributed by atoms with E-state index in [0.717, 1.165) is 12.0 Å². The second kappa shape index (κ2) is 7.53. The van der Waals surface area contributed by atoms with E-state index < -0.39 is 11.9 Å². The summed E-state index contributed by atoms with van der Waals surface area (Å²) >= 11 is 0. The van der Waals surface area contributed by atoms with Gasteiger partial charge in [0.25, 0.3) is 5.91 Å². The number of aryl methyl sites for hydroxylation is 1. The Labute approximate surface area is 119 Å². The number of carbonyl (C=O) groups is 2. The van der Waals surface area contributed by atoms with Crippen LogP contribution in [0.2, 0.25) is 0 Å². The van der Waals surface area contributed by atoms with E-state index in [4.69, 9.17) is 9.84 Å². The molecular formula is C15H21NO4. The van der Waals surface area contributed by atoms with Gasteiger partial charge in [0.1, 0.15) is 5.75 Å². The topological polar surface area (TPSA) is 66.8 Å². The molecule has 0 aliphatic carbocycles. The number of carbonyl (C=O) groups excluding carboxylic acids is 1. The van der Waals surface area contributed by atoms with Crippen molar-refractivity contribution in [3.8, 4) is 5.75 Å². The first kappa shape index (κ1) is 16.0. The Hall–Kier alpha value is -2.04. The van der Waals surface area contributed by atoms with Gasteiger partial charge in [-0.2, -0.15) is 0 Å². The van der Waals surface area contributed by atoms with Crippen LogP contribution in [0.5, 0.6) is 5.75 Å². The molecule has 1 N–H and O–H groups in total. The molecule has 1 rings (SSSR count). The molecule has 20 heavy (non-hydrogen) atoms. The van der Waals surface area contributed by atoms with Gasteiger partial charge in [-0.05, 0) is 18.1 Å². The number of carboxylic acid groups (broad SMARTS) is 1. The Morgan fingerprint density at radius 2 is 2.00 bits per heavy atom. The van der Waals surface area contributed by atoms with Gasteiger partial charge in [-0.1, -0.05) is 32.0 Å². The summed E-state index contributed by atoms with van der Waals surface area (Å²) in [4.78, 5) is 24.0. The molecule has 0 saturated carbocycles. The fourth-order valence-corrected chi connectivity index (χ4v) is 1.78. The van der Waals surface area contributed by atoms with Gasteiger partial charge in [0.2, 0.25) is 0 Å². The van der Waals surface area contributed by atoms with Crippen LogP contribution in [0.3, 0.4) is 0 Å². The Morgan fingerprint density at radius 3 is 2.60 bits per heavy atom. The van der Waals surface area contributed by atoms with Crippen molar-refractivity contribution in [2.24, 2.45) is 5.92 Å². The molecule has 0 fully saturated rings. The number of likely N-dealkylation sites (N-methyl/N-ethyl adjacent to an activating group) is 1. The molecule has 5 nitrogen and oxygen atoms in total. The van der Waals surface area contributed by atoms with Crippen LogP contribution in [0.15, 0.2) is 24.3 Å². The summed E-state index contributed by atoms with van der Waals surface area (Å²) in [5.74, 6) is -1.04. The maximum atomic E-state index is 11.9. The zero-order valence-electron chi connectivity index (χ0n) is 12.1. The summed E-state index contributed by atoms with van der Waals surface area (Å²) in [5, 5.41) is 8.82. The molecule has 1 amide bonds. The standard InChI is InChI=1S/C15H21NO4/c1-4-12-7-5-6-8-13(12)20-10-14(17)16(3)9-11(2)15(18)19/h5-8,11H,4,9-10H2,1-3H3,(H,18,19). The van der Waals surface area contributed by atoms with Crippen molar-refractivity contribution in [3.63, 3.8) is 0 Å². The minimum Gasteiger partial charge on any atom is -0.483 e. The van der Waals surface area contributed by atoms with E-state index in [2.05, 4.69) is 0 Å². The number of benzene rings is 1. The maximum absolute atomic E-state index is 11.9. The molecule has 110 valence electrons. The number of amides is 1. The van der Waals surface area contributed by atoms with Gasteiger partial charge < -0.3 is 14.7 Å². The van der Waals surface area contributed by atoms with Crippen molar-refractivity contribution in [2.45, 2.75) is 20.3 Å². The summed E-state index contributed by atoms with van der Waals surface area (Å²) in [5.41, 5.74) is 1.04. The quantitative estimate of drug-likeness (QED) is 0.826. The van der Waals surface area contributed by atoms with Crippen LogP contribution in [0.1, 0.15) is 19.4 Å². The zero-order chi connectivity index (χ0) is 15.1. The summed E-state index contributed by atoms with van der Waals surface area (Å²) in [7, 11) is 1.58. The van der Waals surface area contributed by atoms with Crippen molar-refractivity contribution in [3.05, 3.63) is 29.8 Å². The SMILES string of the molecule is CCc1ccccc1OCC(=O)N(C)CC(C)C(=O)O. The molecular weight excluding hydrogens is 258 g/mol. The van der Waals surface area contributed by atoms with Crippen LogP contribution in [-0.4, -0.2) is 42.1 Å². The lowest BCUT2D eigenvalue weighted by atomic mass is 10.1. The minimum atomic E-state index is -0.915. The van der Waals surface area contributed by atoms with E-state index in [9.17, 15) is 9.59 Å². The molecule has 0 saturated heterocycles. The second-order valence-electron chi connectivity index (χ2n) is 4.76. The number of hydrogen-bond acceptors (Lipinski definition) is 3. The highest BCUT2D eigenvalue weighted by Crippen LogP contribution is 2.18. The lowest BCUT2D eigenvalue weighted by Crippen LogP contribution is -2.36. The van der Waals surface area contributed by atoms with Crippen LogP contribution in [0.25, 0.3) is 0 Å².